The van der Waals surface area contributed by atoms with E-state index in [-0.39, 0.29) is 0 Å². The van der Waals surface area contributed by atoms with E-state index in [0.717, 1.165) is 18.8 Å². The van der Waals surface area contributed by atoms with Crippen molar-refractivity contribution in [3.05, 3.63) is 29.3 Å². The first-order chi connectivity index (χ1) is 5.74. The molecule has 0 bridgehead atoms. The summed E-state index contributed by atoms with van der Waals surface area (Å²) in [5, 5.41) is 3.24. The number of rotatable bonds is 3. The van der Waals surface area contributed by atoms with Crippen LogP contribution in [0, 0.1) is 6.92 Å². The highest BCUT2D eigenvalue weighted by molar-refractivity contribution is 5.48. The quantitative estimate of drug-likeness (QED) is 0.667. The first kappa shape index (κ1) is 9.07. The SMILES string of the molecule is CCNCc1ccc(C)cc1N. The molecule has 0 radical (unpaired) electrons. The van der Waals surface area contributed by atoms with Gasteiger partial charge in [-0.05, 0) is 30.7 Å². The van der Waals surface area contributed by atoms with Gasteiger partial charge in [0.1, 0.15) is 0 Å². The zero-order valence-electron chi connectivity index (χ0n) is 7.72. The van der Waals surface area contributed by atoms with Crippen molar-refractivity contribution in [3.8, 4) is 0 Å². The van der Waals surface area contributed by atoms with Crippen molar-refractivity contribution in [2.75, 3.05) is 12.3 Å². The van der Waals surface area contributed by atoms with Gasteiger partial charge in [0.05, 0.1) is 0 Å². The summed E-state index contributed by atoms with van der Waals surface area (Å²) in [6.45, 7) is 5.98. The Bertz CT molecular complexity index is 256. The summed E-state index contributed by atoms with van der Waals surface area (Å²) in [6.07, 6.45) is 0. The van der Waals surface area contributed by atoms with E-state index in [2.05, 4.69) is 24.4 Å². The van der Waals surface area contributed by atoms with E-state index in [0.29, 0.717) is 0 Å². The van der Waals surface area contributed by atoms with Crippen molar-refractivity contribution in [1.82, 2.24) is 5.32 Å². The molecule has 1 rings (SSSR count). The Hall–Kier alpha value is -1.02. The van der Waals surface area contributed by atoms with E-state index in [1.54, 1.807) is 0 Å². The van der Waals surface area contributed by atoms with Crippen LogP contribution in [0.25, 0.3) is 0 Å². The van der Waals surface area contributed by atoms with Crippen molar-refractivity contribution in [1.29, 1.82) is 0 Å². The van der Waals surface area contributed by atoms with Crippen molar-refractivity contribution >= 4 is 5.69 Å². The molecule has 0 amide bonds. The molecule has 2 heteroatoms. The molecular formula is C10H16N2. The summed E-state index contributed by atoms with van der Waals surface area (Å²) >= 11 is 0. The van der Waals surface area contributed by atoms with Crippen LogP contribution in [0.15, 0.2) is 18.2 Å². The van der Waals surface area contributed by atoms with Gasteiger partial charge in [-0.25, -0.2) is 0 Å². The molecule has 1 aromatic rings. The van der Waals surface area contributed by atoms with Gasteiger partial charge in [0.2, 0.25) is 0 Å². The van der Waals surface area contributed by atoms with Crippen LogP contribution in [0.4, 0.5) is 5.69 Å². The number of anilines is 1. The number of nitrogens with two attached hydrogens (primary N) is 1. The van der Waals surface area contributed by atoms with Crippen molar-refractivity contribution in [2.45, 2.75) is 20.4 Å². The molecule has 0 heterocycles. The molecule has 0 saturated heterocycles. The maximum atomic E-state index is 5.82. The monoisotopic (exact) mass is 164 g/mol. The van der Waals surface area contributed by atoms with E-state index in [4.69, 9.17) is 5.73 Å². The minimum atomic E-state index is 0.864. The smallest absolute Gasteiger partial charge is 0.0362 e. The Morgan fingerprint density at radius 1 is 1.42 bits per heavy atom. The predicted octanol–water partition coefficient (Wildman–Crippen LogP) is 1.69. The van der Waals surface area contributed by atoms with Gasteiger partial charge in [-0.3, -0.25) is 0 Å². The van der Waals surface area contributed by atoms with Crippen LogP contribution < -0.4 is 11.1 Å². The summed E-state index contributed by atoms with van der Waals surface area (Å²) in [6, 6.07) is 6.17. The van der Waals surface area contributed by atoms with Crippen molar-refractivity contribution < 1.29 is 0 Å². The summed E-state index contributed by atoms with van der Waals surface area (Å²) in [5.74, 6) is 0. The lowest BCUT2D eigenvalue weighted by Crippen LogP contribution is -2.13. The lowest BCUT2D eigenvalue weighted by Gasteiger charge is -2.06. The van der Waals surface area contributed by atoms with Gasteiger partial charge in [-0.1, -0.05) is 19.1 Å². The molecule has 0 atom stereocenters. The first-order valence-corrected chi connectivity index (χ1v) is 4.29. The number of nitrogen functional groups attached to an aromatic ring is 1. The van der Waals surface area contributed by atoms with Gasteiger partial charge in [0, 0.05) is 12.2 Å². The van der Waals surface area contributed by atoms with E-state index in [1.165, 1.54) is 11.1 Å². The third kappa shape index (κ3) is 2.24. The average molecular weight is 164 g/mol. The highest BCUT2D eigenvalue weighted by atomic mass is 14.8. The second-order valence-corrected chi connectivity index (χ2v) is 2.98. The minimum Gasteiger partial charge on any atom is -0.398 e. The standard InChI is InChI=1S/C10H16N2/c1-3-12-7-9-5-4-8(2)6-10(9)11/h4-6,12H,3,7,11H2,1-2H3. The molecule has 0 saturated carbocycles. The minimum absolute atomic E-state index is 0.864. The summed E-state index contributed by atoms with van der Waals surface area (Å²) in [7, 11) is 0. The van der Waals surface area contributed by atoms with Crippen LogP contribution >= 0.6 is 0 Å². The summed E-state index contributed by atoms with van der Waals surface area (Å²) in [5.41, 5.74) is 9.11. The van der Waals surface area contributed by atoms with Crippen LogP contribution in [-0.4, -0.2) is 6.54 Å². The van der Waals surface area contributed by atoms with Gasteiger partial charge in [0.15, 0.2) is 0 Å². The van der Waals surface area contributed by atoms with Gasteiger partial charge >= 0.3 is 0 Å². The highest BCUT2D eigenvalue weighted by Crippen LogP contribution is 2.12. The zero-order valence-corrected chi connectivity index (χ0v) is 7.72. The van der Waals surface area contributed by atoms with Crippen molar-refractivity contribution in [2.24, 2.45) is 0 Å². The molecule has 1 aromatic carbocycles. The fourth-order valence-corrected chi connectivity index (χ4v) is 1.14. The second-order valence-electron chi connectivity index (χ2n) is 2.98. The molecule has 12 heavy (non-hydrogen) atoms. The largest absolute Gasteiger partial charge is 0.398 e. The van der Waals surface area contributed by atoms with Crippen LogP contribution in [0.2, 0.25) is 0 Å². The second kappa shape index (κ2) is 4.12. The Morgan fingerprint density at radius 3 is 2.75 bits per heavy atom. The molecule has 3 N–H and O–H groups in total. The van der Waals surface area contributed by atoms with Gasteiger partial charge in [-0.15, -0.1) is 0 Å². The van der Waals surface area contributed by atoms with Gasteiger partial charge in [-0.2, -0.15) is 0 Å². The van der Waals surface area contributed by atoms with E-state index in [9.17, 15) is 0 Å². The maximum Gasteiger partial charge on any atom is 0.0362 e. The Kier molecular flexibility index (Phi) is 3.11. The third-order valence-corrected chi connectivity index (χ3v) is 1.87. The fourth-order valence-electron chi connectivity index (χ4n) is 1.14. The summed E-state index contributed by atoms with van der Waals surface area (Å²) in [4.78, 5) is 0. The first-order valence-electron chi connectivity index (χ1n) is 4.29. The average Bonchev–Trinajstić information content (AvgIpc) is 2.03. The molecule has 2 nitrogen and oxygen atoms in total. The molecule has 0 fully saturated rings. The number of hydrogen-bond donors (Lipinski definition) is 2. The normalized spacial score (nSPS) is 10.2. The molecule has 0 aromatic heterocycles. The van der Waals surface area contributed by atoms with E-state index in [1.807, 2.05) is 13.0 Å². The lowest BCUT2D eigenvalue weighted by molar-refractivity contribution is 0.728. The Labute approximate surface area is 73.8 Å². The lowest BCUT2D eigenvalue weighted by atomic mass is 10.1. The molecule has 66 valence electrons. The molecule has 0 aliphatic heterocycles. The van der Waals surface area contributed by atoms with E-state index >= 15 is 0 Å². The zero-order chi connectivity index (χ0) is 8.97. The van der Waals surface area contributed by atoms with Crippen LogP contribution in [-0.2, 0) is 6.54 Å². The maximum absolute atomic E-state index is 5.82. The van der Waals surface area contributed by atoms with E-state index < -0.39 is 0 Å². The molecule has 0 unspecified atom stereocenters. The molecule has 0 aliphatic carbocycles. The third-order valence-electron chi connectivity index (χ3n) is 1.87. The van der Waals surface area contributed by atoms with Gasteiger partial charge < -0.3 is 11.1 Å². The topological polar surface area (TPSA) is 38.0 Å². The van der Waals surface area contributed by atoms with Gasteiger partial charge in [0.25, 0.3) is 0 Å². The molecule has 0 spiro atoms. The van der Waals surface area contributed by atoms with Crippen molar-refractivity contribution in [3.63, 3.8) is 0 Å². The molecular weight excluding hydrogens is 148 g/mol. The van der Waals surface area contributed by atoms with Crippen LogP contribution in [0.5, 0.6) is 0 Å². The van der Waals surface area contributed by atoms with Crippen LogP contribution in [0.1, 0.15) is 18.1 Å². The Morgan fingerprint density at radius 2 is 2.17 bits per heavy atom. The number of aryl methyl sites for hydroxylation is 1. The highest BCUT2D eigenvalue weighted by Gasteiger charge is 1.96. The Balaban J connectivity index is 2.72. The predicted molar refractivity (Wildman–Crippen MR) is 53.0 cm³/mol. The fraction of sp³-hybridized carbons (Fsp3) is 0.400. The number of hydrogen-bond acceptors (Lipinski definition) is 2. The number of nitrogens with one attached hydrogen (secondary N) is 1. The molecule has 0 aliphatic rings. The number of benzene rings is 1. The van der Waals surface area contributed by atoms with Crippen LogP contribution in [0.3, 0.4) is 0 Å². The summed E-state index contributed by atoms with van der Waals surface area (Å²) < 4.78 is 0.